The first-order valence-corrected chi connectivity index (χ1v) is 3.81. The van der Waals surface area contributed by atoms with Gasteiger partial charge in [0.15, 0.2) is 0 Å². The molecule has 0 radical (unpaired) electrons. The zero-order valence-corrected chi connectivity index (χ0v) is 7.19. The Morgan fingerprint density at radius 1 is 1.83 bits per heavy atom. The van der Waals surface area contributed by atoms with Crippen LogP contribution in [0.25, 0.3) is 0 Å². The fraction of sp³-hybridized carbons (Fsp3) is 0.500. The molecule has 1 heterocycles. The van der Waals surface area contributed by atoms with Gasteiger partial charge in [-0.1, -0.05) is 6.92 Å². The van der Waals surface area contributed by atoms with Crippen molar-refractivity contribution in [3.63, 3.8) is 0 Å². The molecule has 0 aliphatic carbocycles. The molecular formula is C8H12N2O2. The molecule has 1 N–H and O–H groups in total. The maximum absolute atomic E-state index is 10.4. The second kappa shape index (κ2) is 3.38. The number of aliphatic carboxylic acids is 1. The van der Waals surface area contributed by atoms with Crippen LogP contribution in [0, 0.1) is 0 Å². The van der Waals surface area contributed by atoms with Gasteiger partial charge < -0.3 is 5.11 Å². The maximum Gasteiger partial charge on any atom is 0.304 e. The second-order valence-electron chi connectivity index (χ2n) is 2.88. The Hall–Kier alpha value is -1.32. The van der Waals surface area contributed by atoms with E-state index < -0.39 is 5.97 Å². The van der Waals surface area contributed by atoms with E-state index in [4.69, 9.17) is 5.11 Å². The number of rotatable bonds is 3. The van der Waals surface area contributed by atoms with Gasteiger partial charge in [-0.2, -0.15) is 5.10 Å². The van der Waals surface area contributed by atoms with Crippen molar-refractivity contribution in [2.75, 3.05) is 0 Å². The molecule has 12 heavy (non-hydrogen) atoms. The van der Waals surface area contributed by atoms with Gasteiger partial charge in [-0.05, 0) is 6.07 Å². The van der Waals surface area contributed by atoms with Crippen molar-refractivity contribution in [1.29, 1.82) is 0 Å². The van der Waals surface area contributed by atoms with Crippen molar-refractivity contribution >= 4 is 5.97 Å². The molecule has 0 saturated carbocycles. The number of aromatic nitrogens is 2. The summed E-state index contributed by atoms with van der Waals surface area (Å²) in [5.74, 6) is -0.751. The smallest absolute Gasteiger partial charge is 0.304 e. The SMILES string of the molecule is C[C@H](CC(=O)O)c1ccnn1C. The average molecular weight is 168 g/mol. The Morgan fingerprint density at radius 3 is 2.92 bits per heavy atom. The van der Waals surface area contributed by atoms with E-state index in [-0.39, 0.29) is 12.3 Å². The molecule has 0 saturated heterocycles. The summed E-state index contributed by atoms with van der Waals surface area (Å²) in [7, 11) is 1.81. The predicted molar refractivity (Wildman–Crippen MR) is 43.9 cm³/mol. The molecule has 1 rings (SSSR count). The van der Waals surface area contributed by atoms with Gasteiger partial charge in [0, 0.05) is 24.9 Å². The van der Waals surface area contributed by atoms with Crippen LogP contribution in [0.15, 0.2) is 12.3 Å². The number of hydrogen-bond acceptors (Lipinski definition) is 2. The van der Waals surface area contributed by atoms with Crippen LogP contribution in [-0.4, -0.2) is 20.9 Å². The Bertz CT molecular complexity index is 280. The third kappa shape index (κ3) is 1.84. The molecule has 4 nitrogen and oxygen atoms in total. The lowest BCUT2D eigenvalue weighted by Crippen LogP contribution is -2.07. The van der Waals surface area contributed by atoms with Crippen molar-refractivity contribution in [3.8, 4) is 0 Å². The number of carboxylic acid groups (broad SMARTS) is 1. The second-order valence-corrected chi connectivity index (χ2v) is 2.88. The highest BCUT2D eigenvalue weighted by atomic mass is 16.4. The minimum absolute atomic E-state index is 0.0231. The summed E-state index contributed by atoms with van der Waals surface area (Å²) in [6, 6.07) is 1.84. The quantitative estimate of drug-likeness (QED) is 0.732. The van der Waals surface area contributed by atoms with E-state index in [0.717, 1.165) is 5.69 Å². The highest BCUT2D eigenvalue weighted by Crippen LogP contribution is 2.16. The molecule has 0 fully saturated rings. The van der Waals surface area contributed by atoms with E-state index in [1.807, 2.05) is 20.0 Å². The van der Waals surface area contributed by atoms with E-state index in [1.165, 1.54) is 0 Å². The van der Waals surface area contributed by atoms with E-state index in [0.29, 0.717) is 0 Å². The number of nitrogens with zero attached hydrogens (tertiary/aromatic N) is 2. The van der Waals surface area contributed by atoms with Crippen molar-refractivity contribution in [1.82, 2.24) is 9.78 Å². The molecule has 66 valence electrons. The molecule has 0 bridgehead atoms. The lowest BCUT2D eigenvalue weighted by Gasteiger charge is -2.07. The fourth-order valence-corrected chi connectivity index (χ4v) is 1.23. The van der Waals surface area contributed by atoms with Gasteiger partial charge in [-0.3, -0.25) is 9.48 Å². The molecular weight excluding hydrogens is 156 g/mol. The maximum atomic E-state index is 10.4. The third-order valence-electron chi connectivity index (χ3n) is 1.84. The zero-order chi connectivity index (χ0) is 9.14. The molecule has 0 aliphatic heterocycles. The minimum Gasteiger partial charge on any atom is -0.481 e. The fourth-order valence-electron chi connectivity index (χ4n) is 1.23. The minimum atomic E-state index is -0.774. The Labute approximate surface area is 70.8 Å². The number of aryl methyl sites for hydroxylation is 1. The van der Waals surface area contributed by atoms with E-state index in [2.05, 4.69) is 5.10 Å². The van der Waals surface area contributed by atoms with Crippen LogP contribution in [0.3, 0.4) is 0 Å². The van der Waals surface area contributed by atoms with Gasteiger partial charge in [-0.15, -0.1) is 0 Å². The van der Waals surface area contributed by atoms with E-state index in [9.17, 15) is 4.79 Å². The molecule has 0 spiro atoms. The van der Waals surface area contributed by atoms with Crippen LogP contribution < -0.4 is 0 Å². The first-order chi connectivity index (χ1) is 5.61. The molecule has 0 unspecified atom stereocenters. The van der Waals surface area contributed by atoms with E-state index in [1.54, 1.807) is 10.9 Å². The molecule has 1 aromatic rings. The lowest BCUT2D eigenvalue weighted by molar-refractivity contribution is -0.137. The first kappa shape index (κ1) is 8.77. The van der Waals surface area contributed by atoms with Gasteiger partial charge in [0.1, 0.15) is 0 Å². The molecule has 1 aromatic heterocycles. The molecule has 0 aliphatic rings. The molecule has 1 atom stereocenters. The van der Waals surface area contributed by atoms with Crippen LogP contribution in [0.4, 0.5) is 0 Å². The zero-order valence-electron chi connectivity index (χ0n) is 7.19. The van der Waals surface area contributed by atoms with E-state index >= 15 is 0 Å². The van der Waals surface area contributed by atoms with Gasteiger partial charge in [-0.25, -0.2) is 0 Å². The van der Waals surface area contributed by atoms with Gasteiger partial charge in [0.25, 0.3) is 0 Å². The monoisotopic (exact) mass is 168 g/mol. The summed E-state index contributed by atoms with van der Waals surface area (Å²) < 4.78 is 1.70. The van der Waals surface area contributed by atoms with Crippen LogP contribution in [0.5, 0.6) is 0 Å². The summed E-state index contributed by atoms with van der Waals surface area (Å²) in [6.07, 6.45) is 1.83. The number of carboxylic acids is 1. The van der Waals surface area contributed by atoms with Crippen LogP contribution in [-0.2, 0) is 11.8 Å². The summed E-state index contributed by atoms with van der Waals surface area (Å²) in [5, 5.41) is 12.5. The standard InChI is InChI=1S/C8H12N2O2/c1-6(5-8(11)12)7-3-4-9-10(7)2/h3-4,6H,5H2,1-2H3,(H,11,12)/t6-/m1/s1. The Balaban J connectivity index is 2.71. The highest BCUT2D eigenvalue weighted by Gasteiger charge is 2.12. The number of hydrogen-bond donors (Lipinski definition) is 1. The van der Waals surface area contributed by atoms with Crippen molar-refractivity contribution in [2.45, 2.75) is 19.3 Å². The van der Waals surface area contributed by atoms with Crippen LogP contribution in [0.2, 0.25) is 0 Å². The largest absolute Gasteiger partial charge is 0.481 e. The normalized spacial score (nSPS) is 12.8. The van der Waals surface area contributed by atoms with Crippen LogP contribution >= 0.6 is 0 Å². The van der Waals surface area contributed by atoms with Crippen molar-refractivity contribution < 1.29 is 9.90 Å². The predicted octanol–water partition coefficient (Wildman–Crippen LogP) is 0.998. The Kier molecular flexibility index (Phi) is 2.47. The van der Waals surface area contributed by atoms with Gasteiger partial charge >= 0.3 is 5.97 Å². The van der Waals surface area contributed by atoms with Crippen molar-refractivity contribution in [2.24, 2.45) is 7.05 Å². The van der Waals surface area contributed by atoms with Crippen molar-refractivity contribution in [3.05, 3.63) is 18.0 Å². The highest BCUT2D eigenvalue weighted by molar-refractivity contribution is 5.67. The summed E-state index contributed by atoms with van der Waals surface area (Å²) in [4.78, 5) is 10.4. The average Bonchev–Trinajstić information content (AvgIpc) is 2.33. The summed E-state index contributed by atoms with van der Waals surface area (Å²) in [6.45, 7) is 1.88. The summed E-state index contributed by atoms with van der Waals surface area (Å²) in [5.41, 5.74) is 0.956. The molecule has 0 aromatic carbocycles. The van der Waals surface area contributed by atoms with Crippen LogP contribution in [0.1, 0.15) is 25.0 Å². The van der Waals surface area contributed by atoms with Gasteiger partial charge in [0.2, 0.25) is 0 Å². The molecule has 4 heteroatoms. The first-order valence-electron chi connectivity index (χ1n) is 3.81. The third-order valence-corrected chi connectivity index (χ3v) is 1.84. The molecule has 0 amide bonds. The lowest BCUT2D eigenvalue weighted by atomic mass is 10.0. The summed E-state index contributed by atoms with van der Waals surface area (Å²) >= 11 is 0. The van der Waals surface area contributed by atoms with Gasteiger partial charge in [0.05, 0.1) is 6.42 Å². The number of carbonyl (C=O) groups is 1. The Morgan fingerprint density at radius 2 is 2.50 bits per heavy atom. The topological polar surface area (TPSA) is 55.1 Å².